The normalized spacial score (nSPS) is 28.2. The lowest BCUT2D eigenvalue weighted by Crippen LogP contribution is -2.37. The molecule has 2 aromatic heterocycles. The second-order valence-electron chi connectivity index (χ2n) is 10.3. The van der Waals surface area contributed by atoms with Crippen molar-refractivity contribution in [2.75, 3.05) is 39.0 Å². The van der Waals surface area contributed by atoms with E-state index in [2.05, 4.69) is 40.4 Å². The number of hydrogen-bond donors (Lipinski definition) is 1. The molecule has 3 fully saturated rings. The second-order valence-corrected chi connectivity index (χ2v) is 10.3. The van der Waals surface area contributed by atoms with Crippen LogP contribution in [0, 0.1) is 11.8 Å². The van der Waals surface area contributed by atoms with Gasteiger partial charge < -0.3 is 15.4 Å². The van der Waals surface area contributed by atoms with Crippen LogP contribution in [0.25, 0.3) is 11.3 Å². The maximum Gasteiger partial charge on any atom is 0.573 e. The summed E-state index contributed by atoms with van der Waals surface area (Å²) >= 11 is 0. The molecular weight excluding hydrogens is 445 g/mol. The summed E-state index contributed by atoms with van der Waals surface area (Å²) in [7, 11) is 2.20. The van der Waals surface area contributed by atoms with Crippen molar-refractivity contribution in [1.29, 1.82) is 0 Å². The molecule has 3 heterocycles. The molecule has 0 radical (unpaired) electrons. The molecule has 1 saturated heterocycles. The van der Waals surface area contributed by atoms with Crippen LogP contribution in [-0.2, 0) is 0 Å². The van der Waals surface area contributed by atoms with Gasteiger partial charge in [0.25, 0.3) is 0 Å². The zero-order valence-electron chi connectivity index (χ0n) is 19.9. The highest BCUT2D eigenvalue weighted by Gasteiger charge is 2.58. The number of nitrogens with zero attached hydrogens (tertiary/aromatic N) is 5. The van der Waals surface area contributed by atoms with Crippen molar-refractivity contribution in [3.63, 3.8) is 0 Å². The maximum absolute atomic E-state index is 12.8. The van der Waals surface area contributed by atoms with Gasteiger partial charge in [0, 0.05) is 48.5 Å². The Balaban J connectivity index is 1.33. The minimum Gasteiger partial charge on any atom is -0.402 e. The Morgan fingerprint density at radius 1 is 1.09 bits per heavy atom. The van der Waals surface area contributed by atoms with Gasteiger partial charge in [-0.25, -0.2) is 4.98 Å². The van der Waals surface area contributed by atoms with Crippen molar-refractivity contribution in [3.05, 3.63) is 24.0 Å². The predicted octanol–water partition coefficient (Wildman–Crippen LogP) is 4.14. The molecule has 1 aliphatic heterocycles. The summed E-state index contributed by atoms with van der Waals surface area (Å²) in [6, 6.07) is 4.10. The van der Waals surface area contributed by atoms with Gasteiger partial charge in [0.2, 0.25) is 0 Å². The molecular formula is C24H33F3N6O. The number of halogens is 3. The summed E-state index contributed by atoms with van der Waals surface area (Å²) in [6.07, 6.45) is 0.275. The van der Waals surface area contributed by atoms with Gasteiger partial charge in [-0.1, -0.05) is 0 Å². The third-order valence-electron chi connectivity index (χ3n) is 7.69. The smallest absolute Gasteiger partial charge is 0.402 e. The molecule has 3 aliphatic rings. The topological polar surface area (TPSA) is 72.4 Å². The van der Waals surface area contributed by atoms with Crippen LogP contribution < -0.4 is 10.5 Å². The number of fused-ring (bicyclic) bond motifs is 1. The van der Waals surface area contributed by atoms with Crippen molar-refractivity contribution in [2.45, 2.75) is 57.5 Å². The van der Waals surface area contributed by atoms with E-state index in [0.29, 0.717) is 35.1 Å². The summed E-state index contributed by atoms with van der Waals surface area (Å²) in [5.74, 6) is 0.970. The first kappa shape index (κ1) is 23.4. The van der Waals surface area contributed by atoms with Gasteiger partial charge in [-0.3, -0.25) is 9.58 Å². The van der Waals surface area contributed by atoms with Crippen LogP contribution in [-0.4, -0.2) is 70.2 Å². The number of nitrogen functional groups attached to an aromatic ring is 1. The van der Waals surface area contributed by atoms with E-state index in [1.807, 2.05) is 10.7 Å². The predicted molar refractivity (Wildman–Crippen MR) is 123 cm³/mol. The van der Waals surface area contributed by atoms with E-state index in [0.717, 1.165) is 13.1 Å². The largest absolute Gasteiger partial charge is 0.573 e. The van der Waals surface area contributed by atoms with Crippen molar-refractivity contribution in [2.24, 2.45) is 11.8 Å². The number of hydrogen-bond acceptors (Lipinski definition) is 6. The number of likely N-dealkylation sites (N-methyl/N-ethyl adjacent to an activating group) is 1. The minimum atomic E-state index is -4.83. The van der Waals surface area contributed by atoms with Crippen molar-refractivity contribution in [1.82, 2.24) is 24.6 Å². The van der Waals surface area contributed by atoms with Crippen LogP contribution >= 0.6 is 0 Å². The first-order chi connectivity index (χ1) is 16.1. The third-order valence-corrected chi connectivity index (χ3v) is 7.69. The molecule has 34 heavy (non-hydrogen) atoms. The highest BCUT2D eigenvalue weighted by Crippen LogP contribution is 2.64. The Labute approximate surface area is 198 Å². The molecule has 0 amide bonds. The maximum atomic E-state index is 12.8. The Hall–Kier alpha value is -2.33. The molecule has 7 nitrogen and oxygen atoms in total. The average molecular weight is 479 g/mol. The van der Waals surface area contributed by atoms with Gasteiger partial charge in [0.05, 0.1) is 5.69 Å². The van der Waals surface area contributed by atoms with Gasteiger partial charge in [-0.2, -0.15) is 5.10 Å². The first-order valence-electron chi connectivity index (χ1n) is 12.1. The fraction of sp³-hybridized carbons (Fsp3) is 0.667. The zero-order valence-corrected chi connectivity index (χ0v) is 19.9. The average Bonchev–Trinajstić information content (AvgIpc) is 3.09. The Kier molecular flexibility index (Phi) is 6.00. The standard InChI is InChI=1S/C24H33F3N6O/c1-14(2)33-20(12-19(30-33)15-9-21(23(28)29-13-15)34-24(25,26)27)22-17-10-16(11-18(17)22)32-6-4-5-31(3)7-8-32/h9,12-14,16-18,22H,4-8,10-11H2,1-3H3,(H2,28,29)/t16?,17-,18+,22?. The summed E-state index contributed by atoms with van der Waals surface area (Å²) in [5.41, 5.74) is 7.83. The molecule has 186 valence electrons. The van der Waals surface area contributed by atoms with E-state index >= 15 is 0 Å². The number of ether oxygens (including phenoxy) is 1. The molecule has 5 rings (SSSR count). The van der Waals surface area contributed by atoms with E-state index in [4.69, 9.17) is 10.8 Å². The highest BCUT2D eigenvalue weighted by atomic mass is 19.4. The molecule has 10 heteroatoms. The van der Waals surface area contributed by atoms with Gasteiger partial charge in [-0.15, -0.1) is 13.2 Å². The summed E-state index contributed by atoms with van der Waals surface area (Å²) in [6.45, 7) is 8.79. The van der Waals surface area contributed by atoms with Gasteiger partial charge in [-0.05, 0) is 77.2 Å². The van der Waals surface area contributed by atoms with E-state index in [-0.39, 0.29) is 11.9 Å². The third kappa shape index (κ3) is 4.62. The van der Waals surface area contributed by atoms with Crippen LogP contribution in [0.3, 0.4) is 0 Å². The number of pyridine rings is 1. The lowest BCUT2D eigenvalue weighted by Gasteiger charge is -2.29. The lowest BCUT2D eigenvalue weighted by atomic mass is 10.0. The van der Waals surface area contributed by atoms with Gasteiger partial charge in [0.15, 0.2) is 11.6 Å². The fourth-order valence-corrected chi connectivity index (χ4v) is 5.99. The number of nitrogens with two attached hydrogens (primary N) is 1. The van der Waals surface area contributed by atoms with Gasteiger partial charge >= 0.3 is 6.36 Å². The van der Waals surface area contributed by atoms with Crippen LogP contribution in [0.1, 0.15) is 50.8 Å². The highest BCUT2D eigenvalue weighted by molar-refractivity contribution is 5.64. The van der Waals surface area contributed by atoms with Crippen LogP contribution in [0.2, 0.25) is 0 Å². The fourth-order valence-electron chi connectivity index (χ4n) is 5.99. The van der Waals surface area contributed by atoms with Crippen molar-refractivity contribution < 1.29 is 17.9 Å². The molecule has 2 unspecified atom stereocenters. The monoisotopic (exact) mass is 478 g/mol. The number of rotatable bonds is 5. The Bertz CT molecular complexity index is 1030. The van der Waals surface area contributed by atoms with E-state index in [1.165, 1.54) is 50.3 Å². The SMILES string of the molecule is CC(C)n1nc(-c2cnc(N)c(OC(F)(F)F)c2)cc1C1[C@H]2CC(N3CCCN(C)CC3)C[C@@H]12. The molecule has 0 bridgehead atoms. The second kappa shape index (κ2) is 8.71. The Morgan fingerprint density at radius 2 is 1.82 bits per heavy atom. The van der Waals surface area contributed by atoms with Crippen molar-refractivity contribution in [3.8, 4) is 17.0 Å². The van der Waals surface area contributed by atoms with E-state index < -0.39 is 12.1 Å². The molecule has 2 N–H and O–H groups in total. The zero-order chi connectivity index (χ0) is 24.2. The van der Waals surface area contributed by atoms with E-state index in [1.54, 1.807) is 0 Å². The molecule has 2 aliphatic carbocycles. The molecule has 2 aromatic rings. The number of alkyl halides is 3. The molecule has 0 spiro atoms. The quantitative estimate of drug-likeness (QED) is 0.697. The van der Waals surface area contributed by atoms with E-state index in [9.17, 15) is 13.2 Å². The minimum absolute atomic E-state index is 0.148. The molecule has 2 saturated carbocycles. The summed E-state index contributed by atoms with van der Waals surface area (Å²) in [4.78, 5) is 9.01. The summed E-state index contributed by atoms with van der Waals surface area (Å²) in [5, 5.41) is 4.75. The molecule has 0 aromatic carbocycles. The van der Waals surface area contributed by atoms with Gasteiger partial charge in [0.1, 0.15) is 0 Å². The number of anilines is 1. The molecule has 4 atom stereocenters. The first-order valence-corrected chi connectivity index (χ1v) is 12.1. The number of aromatic nitrogens is 3. The van der Waals surface area contributed by atoms with Crippen LogP contribution in [0.15, 0.2) is 18.3 Å². The Morgan fingerprint density at radius 3 is 2.50 bits per heavy atom. The summed E-state index contributed by atoms with van der Waals surface area (Å²) < 4.78 is 44.3. The van der Waals surface area contributed by atoms with Crippen LogP contribution in [0.5, 0.6) is 5.75 Å². The van der Waals surface area contributed by atoms with Crippen molar-refractivity contribution >= 4 is 5.82 Å². The lowest BCUT2D eigenvalue weighted by molar-refractivity contribution is -0.274. The van der Waals surface area contributed by atoms with Crippen LogP contribution in [0.4, 0.5) is 19.0 Å².